The van der Waals surface area contributed by atoms with Gasteiger partial charge in [0.25, 0.3) is 6.33 Å². The minimum Gasteiger partial charge on any atom is -0.458 e. The van der Waals surface area contributed by atoms with Crippen molar-refractivity contribution in [1.29, 1.82) is 0 Å². The first-order chi connectivity index (χ1) is 33.6. The van der Waals surface area contributed by atoms with E-state index < -0.39 is 66.3 Å². The van der Waals surface area contributed by atoms with Gasteiger partial charge in [-0.05, 0) is 108 Å². The Kier molecular flexibility index (Phi) is 6.70. The summed E-state index contributed by atoms with van der Waals surface area (Å²) in [5, 5.41) is 2.05. The highest BCUT2D eigenvalue weighted by molar-refractivity contribution is 6.09. The predicted molar refractivity (Wildman–Crippen MR) is 241 cm³/mol. The molecule has 0 bridgehead atoms. The fourth-order valence-corrected chi connectivity index (χ4v) is 8.14. The fraction of sp³-hybridized carbons (Fsp3) is 0.111. The van der Waals surface area contributed by atoms with E-state index in [1.165, 1.54) is 0 Å². The molecule has 3 heterocycles. The minimum absolute atomic E-state index is 0.132. The molecule has 0 atom stereocenters. The van der Waals surface area contributed by atoms with Gasteiger partial charge in [-0.2, -0.15) is 0 Å². The standard InChI is InChI=1S/C54H44N4O/c1-4-38(5-2)41-31-32-55-52(33-41)58-49-27-13-12-24-47(49)48-30-29-44(35-51(48)58)59-43-23-15-22-42(34-43)56-36-57(53-37(3)17-14-28-50(53)56)54-45(39-18-8-6-9-19-39)25-16-26-46(54)40-20-10-7-11-21-40/h6-35,38H,4-5H2,1-3H3/i6D,7D,8D,9D,10D,11D,18D,19D,20D,21D,38D. The molecule has 7 aromatic carbocycles. The number of para-hydroxylation sites is 3. The number of fused-ring (bicyclic) bond motifs is 4. The molecule has 0 aliphatic rings. The zero-order valence-electron chi connectivity index (χ0n) is 43.7. The molecule has 286 valence electrons. The van der Waals surface area contributed by atoms with Crippen molar-refractivity contribution >= 4 is 32.8 Å². The second-order valence-corrected chi connectivity index (χ2v) is 14.3. The number of rotatable bonds is 10. The van der Waals surface area contributed by atoms with Crippen molar-refractivity contribution in [3.63, 3.8) is 0 Å². The molecule has 0 amide bonds. The van der Waals surface area contributed by atoms with Crippen molar-refractivity contribution in [1.82, 2.24) is 14.1 Å². The highest BCUT2D eigenvalue weighted by Gasteiger charge is 2.21. The lowest BCUT2D eigenvalue weighted by Crippen LogP contribution is -2.32. The summed E-state index contributed by atoms with van der Waals surface area (Å²) in [6.07, 6.45) is 6.56. The van der Waals surface area contributed by atoms with Gasteiger partial charge in [0.2, 0.25) is 0 Å². The molecule has 0 aliphatic heterocycles. The third kappa shape index (κ3) is 6.45. The van der Waals surface area contributed by atoms with Crippen molar-refractivity contribution in [2.45, 2.75) is 39.5 Å². The fourth-order valence-electron chi connectivity index (χ4n) is 8.14. The number of pyridine rings is 1. The average molecular weight is 776 g/mol. The maximum absolute atomic E-state index is 9.18. The molecule has 0 N–H and O–H groups in total. The predicted octanol–water partition coefficient (Wildman–Crippen LogP) is 13.5. The summed E-state index contributed by atoms with van der Waals surface area (Å²) in [6.45, 7) is 5.96. The maximum atomic E-state index is 9.18. The maximum Gasteiger partial charge on any atom is 0.269 e. The first-order valence-corrected chi connectivity index (χ1v) is 19.6. The van der Waals surface area contributed by atoms with Gasteiger partial charge in [0, 0.05) is 24.4 Å². The molecule has 0 fully saturated rings. The lowest BCUT2D eigenvalue weighted by atomic mass is 9.95. The Morgan fingerprint density at radius 2 is 1.34 bits per heavy atom. The Morgan fingerprint density at radius 3 is 2.08 bits per heavy atom. The Hall–Kier alpha value is -7.24. The average Bonchev–Trinajstić information content (AvgIpc) is 3.93. The molecular weight excluding hydrogens is 721 g/mol. The summed E-state index contributed by atoms with van der Waals surface area (Å²) in [4.78, 5) is 4.81. The molecule has 0 spiro atoms. The quantitative estimate of drug-likeness (QED) is 0.102. The second kappa shape index (κ2) is 15.3. The summed E-state index contributed by atoms with van der Waals surface area (Å²) in [5.41, 5.74) is 5.61. The topological polar surface area (TPSA) is 35.9 Å². The molecular formula is C54H44N4O. The van der Waals surface area contributed by atoms with Gasteiger partial charge in [-0.15, -0.1) is 0 Å². The SMILES string of the molecule is [2H]c1c([2H])c([2H])c(-c2cccc(-c3c([2H])c([2H])c([2H])c([2H])c3[2H])c2-[n+]2[c-]n(-c3cccc(Oc4ccc5c6ccccc6n(-c6cc(C([2H])(CC)CC)ccn6)c5c4)c3)c3cccc(C)c32)c([2H])c1[2H]. The van der Waals surface area contributed by atoms with Crippen LogP contribution in [0.1, 0.15) is 58.8 Å². The van der Waals surface area contributed by atoms with Crippen molar-refractivity contribution in [2.75, 3.05) is 0 Å². The summed E-state index contributed by atoms with van der Waals surface area (Å²) in [6, 6.07) is 30.7. The summed E-state index contributed by atoms with van der Waals surface area (Å²) < 4.78 is 109. The highest BCUT2D eigenvalue weighted by atomic mass is 16.5. The second-order valence-electron chi connectivity index (χ2n) is 14.3. The van der Waals surface area contributed by atoms with E-state index in [-0.39, 0.29) is 27.9 Å². The van der Waals surface area contributed by atoms with Crippen LogP contribution in [-0.4, -0.2) is 14.1 Å². The normalized spacial score (nSPS) is 14.4. The van der Waals surface area contributed by atoms with E-state index in [1.54, 1.807) is 33.5 Å². The van der Waals surface area contributed by atoms with Crippen molar-refractivity contribution in [3.05, 3.63) is 199 Å². The molecule has 59 heavy (non-hydrogen) atoms. The Labute approximate surface area is 360 Å². The summed E-state index contributed by atoms with van der Waals surface area (Å²) in [7, 11) is 0. The van der Waals surface area contributed by atoms with Crippen LogP contribution in [0.4, 0.5) is 0 Å². The van der Waals surface area contributed by atoms with E-state index in [9.17, 15) is 1.37 Å². The van der Waals surface area contributed by atoms with Crippen molar-refractivity contribution in [3.8, 4) is 50.9 Å². The summed E-state index contributed by atoms with van der Waals surface area (Å²) >= 11 is 0. The van der Waals surface area contributed by atoms with Gasteiger partial charge in [0.1, 0.15) is 17.3 Å². The molecule has 5 heteroatoms. The van der Waals surface area contributed by atoms with Crippen LogP contribution in [0.3, 0.4) is 0 Å². The van der Waals surface area contributed by atoms with Crippen molar-refractivity contribution < 1.29 is 24.4 Å². The van der Waals surface area contributed by atoms with Crippen LogP contribution in [0.25, 0.3) is 72.3 Å². The smallest absolute Gasteiger partial charge is 0.269 e. The van der Waals surface area contributed by atoms with Crippen LogP contribution in [0, 0.1) is 13.3 Å². The van der Waals surface area contributed by atoms with E-state index in [1.807, 2.05) is 106 Å². The number of hydrogen-bond acceptors (Lipinski definition) is 2. The lowest BCUT2D eigenvalue weighted by Gasteiger charge is -2.17. The third-order valence-corrected chi connectivity index (χ3v) is 10.9. The number of imidazole rings is 1. The number of nitrogens with zero attached hydrogens (tertiary/aromatic N) is 4. The van der Waals surface area contributed by atoms with Crippen LogP contribution in [0.2, 0.25) is 0 Å². The molecule has 0 radical (unpaired) electrons. The molecule has 0 saturated carbocycles. The van der Waals surface area contributed by atoms with E-state index in [4.69, 9.17) is 23.4 Å². The molecule has 0 unspecified atom stereocenters. The Balaban J connectivity index is 1.15. The first kappa shape index (κ1) is 25.9. The molecule has 0 aliphatic carbocycles. The monoisotopic (exact) mass is 775 g/mol. The van der Waals surface area contributed by atoms with Gasteiger partial charge in [-0.25, -0.2) is 4.98 Å². The van der Waals surface area contributed by atoms with E-state index in [0.29, 0.717) is 46.9 Å². The molecule has 0 saturated heterocycles. The number of ether oxygens (including phenoxy) is 1. The van der Waals surface area contributed by atoms with Crippen LogP contribution >= 0.6 is 0 Å². The highest BCUT2D eigenvalue weighted by Crippen LogP contribution is 2.38. The summed E-state index contributed by atoms with van der Waals surface area (Å²) in [5.74, 6) is 1.00. The van der Waals surface area contributed by atoms with Crippen LogP contribution in [-0.2, 0) is 0 Å². The molecule has 5 nitrogen and oxygen atoms in total. The van der Waals surface area contributed by atoms with Gasteiger partial charge in [-0.3, -0.25) is 13.7 Å². The van der Waals surface area contributed by atoms with Gasteiger partial charge in [0.15, 0.2) is 0 Å². The van der Waals surface area contributed by atoms with Crippen molar-refractivity contribution in [2.24, 2.45) is 0 Å². The first-order valence-electron chi connectivity index (χ1n) is 25.1. The van der Waals surface area contributed by atoms with Gasteiger partial charge in [-0.1, -0.05) is 135 Å². The van der Waals surface area contributed by atoms with Gasteiger partial charge >= 0.3 is 0 Å². The number of aryl methyl sites for hydroxylation is 1. The largest absolute Gasteiger partial charge is 0.458 e. The van der Waals surface area contributed by atoms with Gasteiger partial charge in [0.05, 0.1) is 47.1 Å². The lowest BCUT2D eigenvalue weighted by molar-refractivity contribution is -0.571. The minimum atomic E-state index is -0.753. The van der Waals surface area contributed by atoms with Gasteiger partial charge < -0.3 is 4.74 Å². The zero-order valence-corrected chi connectivity index (χ0v) is 32.7. The van der Waals surface area contributed by atoms with Crippen LogP contribution in [0.15, 0.2) is 182 Å². The van der Waals surface area contributed by atoms with E-state index in [0.717, 1.165) is 32.9 Å². The zero-order chi connectivity index (χ0) is 49.5. The molecule has 3 aromatic heterocycles. The Bertz CT molecular complexity index is 3640. The van der Waals surface area contributed by atoms with Crippen LogP contribution in [0.5, 0.6) is 11.5 Å². The number of benzene rings is 7. The number of hydrogen-bond donors (Lipinski definition) is 0. The molecule has 10 rings (SSSR count). The van der Waals surface area contributed by atoms with Crippen LogP contribution < -0.4 is 9.30 Å². The Morgan fingerprint density at radius 1 is 0.678 bits per heavy atom. The van der Waals surface area contributed by atoms with E-state index >= 15 is 0 Å². The molecule has 10 aromatic rings. The van der Waals surface area contributed by atoms with E-state index in [2.05, 4.69) is 23.0 Å². The number of aromatic nitrogens is 4. The third-order valence-electron chi connectivity index (χ3n) is 10.9.